The number of amides is 1. The van der Waals surface area contributed by atoms with Crippen LogP contribution >= 0.6 is 23.4 Å². The van der Waals surface area contributed by atoms with Crippen molar-refractivity contribution in [3.63, 3.8) is 0 Å². The highest BCUT2D eigenvalue weighted by Gasteiger charge is 2.30. The Bertz CT molecular complexity index is 1330. The van der Waals surface area contributed by atoms with Gasteiger partial charge in [-0.3, -0.25) is 4.79 Å². The molecule has 38 heavy (non-hydrogen) atoms. The molecule has 0 radical (unpaired) electrons. The Morgan fingerprint density at radius 3 is 2.61 bits per heavy atom. The molecular weight excluding hydrogens is 522 g/mol. The normalized spacial score (nSPS) is 17.1. The first-order valence-corrected chi connectivity index (χ1v) is 13.7. The van der Waals surface area contributed by atoms with Gasteiger partial charge in [0.05, 0.1) is 22.8 Å². The van der Waals surface area contributed by atoms with Crippen LogP contribution in [0.5, 0.6) is 0 Å². The number of halogens is 1. The van der Waals surface area contributed by atoms with Crippen molar-refractivity contribution in [2.75, 3.05) is 28.6 Å². The van der Waals surface area contributed by atoms with Gasteiger partial charge in [-0.15, -0.1) is 0 Å². The van der Waals surface area contributed by atoms with Crippen LogP contribution in [0, 0.1) is 0 Å². The predicted octanol–water partition coefficient (Wildman–Crippen LogP) is 5.25. The summed E-state index contributed by atoms with van der Waals surface area (Å²) >= 11 is 7.60. The minimum absolute atomic E-state index is 0.197. The van der Waals surface area contributed by atoms with Crippen LogP contribution in [0.3, 0.4) is 0 Å². The van der Waals surface area contributed by atoms with Gasteiger partial charge in [0.15, 0.2) is 5.16 Å². The van der Waals surface area contributed by atoms with Crippen molar-refractivity contribution in [3.8, 4) is 0 Å². The number of hydrogen-bond acceptors (Lipinski definition) is 9. The first kappa shape index (κ1) is 26.3. The second-order valence-electron chi connectivity index (χ2n) is 9.58. The summed E-state index contributed by atoms with van der Waals surface area (Å²) in [5, 5.41) is 11.6. The first-order chi connectivity index (χ1) is 18.3. The van der Waals surface area contributed by atoms with E-state index in [2.05, 4.69) is 46.8 Å². The molecule has 1 unspecified atom stereocenters. The van der Waals surface area contributed by atoms with E-state index < -0.39 is 0 Å². The molecule has 3 aromatic rings. The number of rotatable bonds is 8. The van der Waals surface area contributed by atoms with Crippen LogP contribution in [-0.2, 0) is 4.74 Å². The van der Waals surface area contributed by atoms with Crippen LogP contribution in [-0.4, -0.2) is 53.1 Å². The maximum absolute atomic E-state index is 12.6. The highest BCUT2D eigenvalue weighted by molar-refractivity contribution is 7.99. The molecule has 1 fully saturated rings. The average molecular weight is 552 g/mol. The van der Waals surface area contributed by atoms with E-state index in [-0.39, 0.29) is 24.2 Å². The van der Waals surface area contributed by atoms with Crippen molar-refractivity contribution in [1.82, 2.24) is 15.4 Å². The lowest BCUT2D eigenvalue weighted by Gasteiger charge is -2.40. The number of ether oxygens (including phenoxy) is 1. The van der Waals surface area contributed by atoms with E-state index in [0.717, 1.165) is 36.1 Å². The summed E-state index contributed by atoms with van der Waals surface area (Å²) in [5.74, 6) is 2.14. The molecule has 2 aliphatic heterocycles. The third-order valence-corrected chi connectivity index (χ3v) is 7.16. The van der Waals surface area contributed by atoms with Gasteiger partial charge >= 0.3 is 0 Å². The van der Waals surface area contributed by atoms with Crippen molar-refractivity contribution >= 4 is 52.4 Å². The maximum Gasteiger partial charge on any atom is 0.257 e. The van der Waals surface area contributed by atoms with Gasteiger partial charge in [0.25, 0.3) is 5.91 Å². The average Bonchev–Trinajstić information content (AvgIpc) is 3.26. The van der Waals surface area contributed by atoms with Crippen LogP contribution < -0.4 is 21.0 Å². The van der Waals surface area contributed by atoms with Crippen molar-refractivity contribution < 1.29 is 9.53 Å². The summed E-state index contributed by atoms with van der Waals surface area (Å²) in [6, 6.07) is 16.8. The molecular formula is C27H30ClN7O2S. The van der Waals surface area contributed by atoms with E-state index in [4.69, 9.17) is 26.3 Å². The summed E-state index contributed by atoms with van der Waals surface area (Å²) in [6.07, 6.45) is 1.20. The third kappa shape index (κ3) is 6.56. The number of nitrogens with zero attached hydrogens (tertiary/aromatic N) is 4. The summed E-state index contributed by atoms with van der Waals surface area (Å²) in [7, 11) is 0. The fraction of sp³-hybridized carbons (Fsp3) is 0.333. The van der Waals surface area contributed by atoms with Gasteiger partial charge in [-0.05, 0) is 68.9 Å². The molecule has 1 aromatic heterocycles. The second-order valence-corrected chi connectivity index (χ2v) is 11.0. The molecule has 9 nitrogen and oxygen atoms in total. The topological polar surface area (TPSA) is 104 Å². The first-order valence-electron chi connectivity index (χ1n) is 12.5. The molecule has 3 heterocycles. The highest BCUT2D eigenvalue weighted by atomic mass is 35.5. The van der Waals surface area contributed by atoms with E-state index in [9.17, 15) is 4.79 Å². The van der Waals surface area contributed by atoms with Crippen LogP contribution in [0.25, 0.3) is 0 Å². The Morgan fingerprint density at radius 2 is 1.92 bits per heavy atom. The molecule has 11 heteroatoms. The summed E-state index contributed by atoms with van der Waals surface area (Å²) < 4.78 is 5.92. The number of hydrazone groups is 1. The van der Waals surface area contributed by atoms with Crippen LogP contribution in [0.2, 0.25) is 5.02 Å². The number of hydrogen-bond donors (Lipinski definition) is 3. The number of carbonyl (C=O) groups is 1. The molecule has 3 N–H and O–H groups in total. The lowest BCUT2D eigenvalue weighted by molar-refractivity contribution is -0.00749. The Morgan fingerprint density at radius 1 is 1.16 bits per heavy atom. The standard InChI is InChI=1S/C27H30ClN7O2S/c1-16(2)37-19-14-35(15-19)25-13-23(30-24-12-17(3)33-34-24)31-27(32-25)38-20-10-8-18(9-11-20)29-26(36)21-6-4-5-7-22(21)28/h4-11,13,16-17,19,33H,12,14-15H2,1-3H3,(H,29,36)(H,30,31,32,34). The number of anilines is 3. The molecule has 198 valence electrons. The molecule has 2 aromatic carbocycles. The van der Waals surface area contributed by atoms with Crippen LogP contribution in [0.15, 0.2) is 69.8 Å². The number of aromatic nitrogens is 2. The molecule has 0 spiro atoms. The van der Waals surface area contributed by atoms with Crippen molar-refractivity contribution in [2.45, 2.75) is 55.5 Å². The number of nitrogens with one attached hydrogen (secondary N) is 3. The molecule has 5 rings (SSSR count). The zero-order valence-electron chi connectivity index (χ0n) is 21.4. The van der Waals surface area contributed by atoms with Crippen molar-refractivity contribution in [1.29, 1.82) is 0 Å². The SMILES string of the molecule is CC1CC(Nc2cc(N3CC(OC(C)C)C3)nc(Sc3ccc(NC(=O)c4ccccc4Cl)cc3)n2)=NN1. The summed E-state index contributed by atoms with van der Waals surface area (Å²) in [6.45, 7) is 7.76. The molecule has 1 atom stereocenters. The molecule has 0 aliphatic carbocycles. The van der Waals surface area contributed by atoms with E-state index in [1.165, 1.54) is 11.8 Å². The monoisotopic (exact) mass is 551 g/mol. The molecule has 2 aliphatic rings. The Kier molecular flexibility index (Phi) is 8.01. The van der Waals surface area contributed by atoms with Gasteiger partial charge in [-0.2, -0.15) is 5.10 Å². The summed E-state index contributed by atoms with van der Waals surface area (Å²) in [4.78, 5) is 25.3. The maximum atomic E-state index is 12.6. The zero-order chi connectivity index (χ0) is 26.6. The minimum Gasteiger partial charge on any atom is -0.372 e. The molecule has 1 saturated heterocycles. The van der Waals surface area contributed by atoms with Gasteiger partial charge in [-0.1, -0.05) is 23.7 Å². The van der Waals surface area contributed by atoms with Crippen molar-refractivity contribution in [2.24, 2.45) is 5.10 Å². The molecule has 0 bridgehead atoms. The molecule has 0 saturated carbocycles. The minimum atomic E-state index is -0.254. The van der Waals surface area contributed by atoms with Crippen LogP contribution in [0.1, 0.15) is 37.6 Å². The highest BCUT2D eigenvalue weighted by Crippen LogP contribution is 2.31. The largest absolute Gasteiger partial charge is 0.372 e. The van der Waals surface area contributed by atoms with Gasteiger partial charge in [0.2, 0.25) is 0 Å². The third-order valence-electron chi connectivity index (χ3n) is 5.96. The Balaban J connectivity index is 1.29. The van der Waals surface area contributed by atoms with Gasteiger partial charge in [-0.25, -0.2) is 9.97 Å². The van der Waals surface area contributed by atoms with Gasteiger partial charge < -0.3 is 25.7 Å². The number of carbonyl (C=O) groups excluding carboxylic acids is 1. The van der Waals surface area contributed by atoms with E-state index in [0.29, 0.717) is 27.2 Å². The quantitative estimate of drug-likeness (QED) is 0.326. The fourth-order valence-corrected chi connectivity index (χ4v) is 5.12. The smallest absolute Gasteiger partial charge is 0.257 e. The van der Waals surface area contributed by atoms with Crippen molar-refractivity contribution in [3.05, 3.63) is 65.2 Å². The Labute approximate surface area is 231 Å². The fourth-order valence-electron chi connectivity index (χ4n) is 4.13. The zero-order valence-corrected chi connectivity index (χ0v) is 23.0. The Hall–Kier alpha value is -3.34. The summed E-state index contributed by atoms with van der Waals surface area (Å²) in [5.41, 5.74) is 4.18. The molecule has 1 amide bonds. The lowest BCUT2D eigenvalue weighted by atomic mass is 10.1. The van der Waals surface area contributed by atoms with Gasteiger partial charge in [0, 0.05) is 42.2 Å². The number of benzene rings is 2. The van der Waals surface area contributed by atoms with E-state index in [1.807, 2.05) is 30.3 Å². The second kappa shape index (κ2) is 11.6. The van der Waals surface area contributed by atoms with E-state index >= 15 is 0 Å². The lowest BCUT2D eigenvalue weighted by Crippen LogP contribution is -2.53. The number of amidine groups is 1. The van der Waals surface area contributed by atoms with Crippen LogP contribution in [0.4, 0.5) is 17.3 Å². The van der Waals surface area contributed by atoms with E-state index in [1.54, 1.807) is 24.3 Å². The van der Waals surface area contributed by atoms with Gasteiger partial charge in [0.1, 0.15) is 17.5 Å². The predicted molar refractivity (Wildman–Crippen MR) is 152 cm³/mol.